The molecule has 0 radical (unpaired) electrons. The van der Waals surface area contributed by atoms with Crippen molar-refractivity contribution in [3.05, 3.63) is 65.4 Å². The van der Waals surface area contributed by atoms with Crippen LogP contribution < -0.4 is 4.90 Å². The number of nitrogens with zero attached hydrogens (tertiary/aromatic N) is 4. The summed E-state index contributed by atoms with van der Waals surface area (Å²) in [6.07, 6.45) is 1.52. The van der Waals surface area contributed by atoms with Crippen molar-refractivity contribution in [3.63, 3.8) is 0 Å². The zero-order valence-corrected chi connectivity index (χ0v) is 22.1. The summed E-state index contributed by atoms with van der Waals surface area (Å²) >= 11 is 6.02. The second-order valence-corrected chi connectivity index (χ2v) is 11.7. The van der Waals surface area contributed by atoms with Gasteiger partial charge in [-0.1, -0.05) is 23.7 Å². The second kappa shape index (κ2) is 10.4. The minimum atomic E-state index is -3.70. The maximum absolute atomic E-state index is 13.2. The van der Waals surface area contributed by atoms with Crippen LogP contribution in [0, 0.1) is 6.92 Å². The van der Waals surface area contributed by atoms with E-state index in [-0.39, 0.29) is 28.9 Å². The summed E-state index contributed by atoms with van der Waals surface area (Å²) in [5.74, 6) is -0.885. The van der Waals surface area contributed by atoms with Crippen LogP contribution in [0.4, 0.5) is 5.69 Å². The average molecular weight is 529 g/mol. The molecule has 0 bridgehead atoms. The van der Waals surface area contributed by atoms with Crippen LogP contribution in [0.1, 0.15) is 12.1 Å². The van der Waals surface area contributed by atoms with Gasteiger partial charge in [-0.15, -0.1) is 0 Å². The van der Waals surface area contributed by atoms with Gasteiger partial charge in [0.25, 0.3) is 0 Å². The van der Waals surface area contributed by atoms with Gasteiger partial charge in [0.2, 0.25) is 11.8 Å². The van der Waals surface area contributed by atoms with Crippen molar-refractivity contribution in [1.82, 2.24) is 14.8 Å². The van der Waals surface area contributed by atoms with Crippen LogP contribution in [0.25, 0.3) is 10.8 Å². The summed E-state index contributed by atoms with van der Waals surface area (Å²) < 4.78 is 26.1. The molecule has 2 heterocycles. The van der Waals surface area contributed by atoms with Crippen LogP contribution in [-0.2, 0) is 19.4 Å². The highest BCUT2D eigenvalue weighted by Crippen LogP contribution is 2.25. The van der Waals surface area contributed by atoms with Crippen molar-refractivity contribution in [1.29, 1.82) is 0 Å². The molecule has 3 aromatic rings. The monoisotopic (exact) mass is 528 g/mol. The SMILES string of the molecule is Cc1cc(N2CCN(C(=O)CCS(=O)(=O)c3ccc4cc(Cl)ccc4c3)C(C(=O)N(C)C)C2)ccn1. The Labute approximate surface area is 216 Å². The molecule has 1 saturated heterocycles. The lowest BCUT2D eigenvalue weighted by molar-refractivity contribution is -0.144. The second-order valence-electron chi connectivity index (χ2n) is 9.16. The summed E-state index contributed by atoms with van der Waals surface area (Å²) in [5, 5.41) is 2.17. The molecule has 2 amide bonds. The van der Waals surface area contributed by atoms with Gasteiger partial charge in [0.05, 0.1) is 10.6 Å². The fourth-order valence-corrected chi connectivity index (χ4v) is 5.87. The highest BCUT2D eigenvalue weighted by Gasteiger charge is 2.36. The molecule has 0 aliphatic carbocycles. The number of amides is 2. The third-order valence-electron chi connectivity index (χ3n) is 6.39. The van der Waals surface area contributed by atoms with Gasteiger partial charge in [0, 0.05) is 62.8 Å². The standard InChI is InChI=1S/C26H29ClN4O4S/c1-18-14-22(8-10-28-18)30-11-12-31(24(17-30)26(33)29(2)3)25(32)9-13-36(34,35)23-7-5-19-15-21(27)6-4-20(19)16-23/h4-8,10,14-16,24H,9,11-13,17H2,1-3H3. The van der Waals surface area contributed by atoms with Gasteiger partial charge in [0.15, 0.2) is 9.84 Å². The van der Waals surface area contributed by atoms with Crippen LogP contribution in [0.3, 0.4) is 0 Å². The Balaban J connectivity index is 1.49. The predicted octanol–water partition coefficient (Wildman–Crippen LogP) is 3.17. The normalized spacial score (nSPS) is 16.3. The first-order valence-corrected chi connectivity index (χ1v) is 13.7. The number of piperazine rings is 1. The minimum Gasteiger partial charge on any atom is -0.367 e. The number of sulfone groups is 1. The van der Waals surface area contributed by atoms with Gasteiger partial charge in [-0.05, 0) is 54.1 Å². The van der Waals surface area contributed by atoms with Crippen LogP contribution in [0.2, 0.25) is 5.02 Å². The molecular formula is C26H29ClN4O4S. The molecule has 1 aromatic heterocycles. The molecule has 36 heavy (non-hydrogen) atoms. The van der Waals surface area contributed by atoms with Crippen molar-refractivity contribution in [2.45, 2.75) is 24.3 Å². The molecule has 1 fully saturated rings. The Morgan fingerprint density at radius 3 is 2.50 bits per heavy atom. The van der Waals surface area contributed by atoms with E-state index in [2.05, 4.69) is 9.88 Å². The third-order valence-corrected chi connectivity index (χ3v) is 8.34. The molecule has 0 spiro atoms. The number of pyridine rings is 1. The Hall–Kier alpha value is -3.17. The number of rotatable bonds is 6. The molecule has 1 aliphatic rings. The predicted molar refractivity (Wildman–Crippen MR) is 141 cm³/mol. The number of anilines is 1. The van der Waals surface area contributed by atoms with Crippen LogP contribution in [0.5, 0.6) is 0 Å². The number of carbonyl (C=O) groups excluding carboxylic acids is 2. The molecule has 10 heteroatoms. The number of likely N-dealkylation sites (N-methyl/N-ethyl adjacent to an activating group) is 1. The lowest BCUT2D eigenvalue weighted by atomic mass is 10.1. The summed E-state index contributed by atoms with van der Waals surface area (Å²) in [5.41, 5.74) is 1.80. The fraction of sp³-hybridized carbons (Fsp3) is 0.346. The molecule has 0 N–H and O–H groups in total. The van der Waals surface area contributed by atoms with E-state index in [1.807, 2.05) is 19.1 Å². The Morgan fingerprint density at radius 1 is 1.06 bits per heavy atom. The summed E-state index contributed by atoms with van der Waals surface area (Å²) in [7, 11) is -0.400. The highest BCUT2D eigenvalue weighted by molar-refractivity contribution is 7.91. The summed E-state index contributed by atoms with van der Waals surface area (Å²) in [4.78, 5) is 35.6. The molecule has 2 aromatic carbocycles. The van der Waals surface area contributed by atoms with Gasteiger partial charge in [-0.25, -0.2) is 8.42 Å². The van der Waals surface area contributed by atoms with Crippen molar-refractivity contribution >= 4 is 49.7 Å². The van der Waals surface area contributed by atoms with Gasteiger partial charge < -0.3 is 14.7 Å². The lowest BCUT2D eigenvalue weighted by Gasteiger charge is -2.42. The molecule has 1 atom stereocenters. The number of halogens is 1. The van der Waals surface area contributed by atoms with Crippen molar-refractivity contribution < 1.29 is 18.0 Å². The maximum Gasteiger partial charge on any atom is 0.246 e. The van der Waals surface area contributed by atoms with Gasteiger partial charge in [-0.3, -0.25) is 14.6 Å². The third kappa shape index (κ3) is 5.63. The zero-order chi connectivity index (χ0) is 26.0. The summed E-state index contributed by atoms with van der Waals surface area (Å²) in [6, 6.07) is 13.2. The number of fused-ring (bicyclic) bond motifs is 1. The molecule has 1 unspecified atom stereocenters. The van der Waals surface area contributed by atoms with Gasteiger partial charge in [-0.2, -0.15) is 0 Å². The Kier molecular flexibility index (Phi) is 7.51. The zero-order valence-electron chi connectivity index (χ0n) is 20.5. The van der Waals surface area contributed by atoms with Crippen LogP contribution in [-0.4, -0.2) is 80.5 Å². The molecule has 0 saturated carbocycles. The van der Waals surface area contributed by atoms with E-state index in [4.69, 9.17) is 11.6 Å². The highest BCUT2D eigenvalue weighted by atomic mass is 35.5. The Morgan fingerprint density at radius 2 is 1.78 bits per heavy atom. The van der Waals surface area contributed by atoms with E-state index < -0.39 is 15.9 Å². The smallest absolute Gasteiger partial charge is 0.246 e. The first-order valence-electron chi connectivity index (χ1n) is 11.7. The fourth-order valence-electron chi connectivity index (χ4n) is 4.42. The van der Waals surface area contributed by atoms with Crippen molar-refractivity contribution in [2.24, 2.45) is 0 Å². The molecule has 8 nitrogen and oxygen atoms in total. The van der Waals surface area contributed by atoms with E-state index >= 15 is 0 Å². The minimum absolute atomic E-state index is 0.156. The lowest BCUT2D eigenvalue weighted by Crippen LogP contribution is -2.60. The van der Waals surface area contributed by atoms with E-state index in [0.29, 0.717) is 24.7 Å². The van der Waals surface area contributed by atoms with Crippen molar-refractivity contribution in [2.75, 3.05) is 44.4 Å². The van der Waals surface area contributed by atoms with E-state index in [1.165, 1.54) is 15.9 Å². The largest absolute Gasteiger partial charge is 0.367 e. The first kappa shape index (κ1) is 25.9. The number of aryl methyl sites for hydroxylation is 1. The number of benzene rings is 2. The number of hydrogen-bond donors (Lipinski definition) is 0. The van der Waals surface area contributed by atoms with Crippen LogP contribution in [0.15, 0.2) is 59.6 Å². The van der Waals surface area contributed by atoms with Gasteiger partial charge >= 0.3 is 0 Å². The van der Waals surface area contributed by atoms with Gasteiger partial charge in [0.1, 0.15) is 6.04 Å². The number of carbonyl (C=O) groups is 2. The number of hydrogen-bond acceptors (Lipinski definition) is 6. The molecular weight excluding hydrogens is 500 g/mol. The topological polar surface area (TPSA) is 90.9 Å². The van der Waals surface area contributed by atoms with E-state index in [1.54, 1.807) is 50.6 Å². The number of aromatic nitrogens is 1. The molecule has 4 rings (SSSR count). The summed E-state index contributed by atoms with van der Waals surface area (Å²) in [6.45, 7) is 3.08. The first-order chi connectivity index (χ1) is 17.0. The van der Waals surface area contributed by atoms with Crippen LogP contribution >= 0.6 is 11.6 Å². The van der Waals surface area contributed by atoms with E-state index in [9.17, 15) is 18.0 Å². The maximum atomic E-state index is 13.2. The van der Waals surface area contributed by atoms with Crippen molar-refractivity contribution in [3.8, 4) is 0 Å². The molecule has 1 aliphatic heterocycles. The van der Waals surface area contributed by atoms with E-state index in [0.717, 1.165) is 22.2 Å². The quantitative estimate of drug-likeness (QED) is 0.488. The average Bonchev–Trinajstić information content (AvgIpc) is 2.86. The Bertz CT molecular complexity index is 1410. The molecule has 190 valence electrons.